The van der Waals surface area contributed by atoms with Crippen LogP contribution in [0.2, 0.25) is 0 Å². The van der Waals surface area contributed by atoms with Crippen molar-refractivity contribution in [3.05, 3.63) is 35.4 Å². The third-order valence-electron chi connectivity index (χ3n) is 15.0. The lowest BCUT2D eigenvalue weighted by atomic mass is 9.43. The number of benzene rings is 1. The summed E-state index contributed by atoms with van der Waals surface area (Å²) in [7, 11) is 0. The summed E-state index contributed by atoms with van der Waals surface area (Å²) in [6.45, 7) is 10.1. The van der Waals surface area contributed by atoms with Crippen LogP contribution in [0.5, 0.6) is 11.5 Å². The van der Waals surface area contributed by atoms with E-state index in [4.69, 9.17) is 9.47 Å². The molecule has 0 unspecified atom stereocenters. The van der Waals surface area contributed by atoms with Crippen LogP contribution >= 0.6 is 0 Å². The molecule has 10 nitrogen and oxygen atoms in total. The zero-order chi connectivity index (χ0) is 35.5. The molecule has 7 N–H and O–H groups in total. The molecule has 0 aromatic heterocycles. The Morgan fingerprint density at radius 2 is 1.67 bits per heavy atom. The van der Waals surface area contributed by atoms with Crippen molar-refractivity contribution in [3.8, 4) is 11.5 Å². The van der Waals surface area contributed by atoms with Crippen molar-refractivity contribution in [2.75, 3.05) is 13.2 Å². The lowest BCUT2D eigenvalue weighted by Crippen LogP contribution is -2.67. The second kappa shape index (κ2) is 11.7. The highest BCUT2D eigenvalue weighted by molar-refractivity contribution is 5.96. The molecule has 49 heavy (non-hydrogen) atoms. The van der Waals surface area contributed by atoms with Crippen LogP contribution in [0.1, 0.15) is 97.5 Å². The molecule has 0 amide bonds. The predicted molar refractivity (Wildman–Crippen MR) is 180 cm³/mol. The van der Waals surface area contributed by atoms with E-state index in [1.165, 1.54) is 18.2 Å². The van der Waals surface area contributed by atoms with E-state index in [9.17, 15) is 40.5 Å². The predicted octanol–water partition coefficient (Wildman–Crippen LogP) is 3.72. The first kappa shape index (κ1) is 35.4. The lowest BCUT2D eigenvalue weighted by molar-refractivity contribution is -0.223. The molecule has 1 aliphatic heterocycles. The topological polar surface area (TPSA) is 177 Å². The number of carbonyl (C=O) groups is 1. The third kappa shape index (κ3) is 4.73. The molecule has 5 fully saturated rings. The van der Waals surface area contributed by atoms with Crippen LogP contribution in [0.4, 0.5) is 0 Å². The number of aliphatic hydroxyl groups is 5. The van der Waals surface area contributed by atoms with E-state index >= 15 is 0 Å². The van der Waals surface area contributed by atoms with Crippen LogP contribution < -0.4 is 0 Å². The second-order valence-electron chi connectivity index (χ2n) is 17.4. The van der Waals surface area contributed by atoms with Crippen molar-refractivity contribution in [1.29, 1.82) is 0 Å². The Kier molecular flexibility index (Phi) is 8.47. The van der Waals surface area contributed by atoms with Gasteiger partial charge in [-0.15, -0.1) is 0 Å². The average molecular weight is 685 g/mol. The number of carbonyl (C=O) groups excluding carboxylic acids is 1. The fourth-order valence-electron chi connectivity index (χ4n) is 12.5. The molecule has 0 radical (unpaired) electrons. The number of phenolic OH excluding ortho intramolecular Hbond substituents is 2. The average Bonchev–Trinajstić information content (AvgIpc) is 3.35. The maximum atomic E-state index is 14.5. The highest BCUT2D eigenvalue weighted by atomic mass is 16.6. The summed E-state index contributed by atoms with van der Waals surface area (Å²) in [5.41, 5.74) is -4.61. The Labute approximate surface area is 289 Å². The van der Waals surface area contributed by atoms with E-state index < -0.39 is 69.8 Å². The minimum atomic E-state index is -1.46. The Morgan fingerprint density at radius 3 is 2.35 bits per heavy atom. The van der Waals surface area contributed by atoms with Crippen molar-refractivity contribution in [2.24, 2.45) is 40.4 Å². The SMILES string of the molecule is C[C@H]1[C@H](C)CCC[C@]2(O[C@H]3C[C@@]4(O)C5=CC(=O)[C@@H]6[C@@H](c7cc(O)cc(O)c7)[C@@H](O)[C@@H](OCCCO)C[C@]6(C)[C@H]5CC[C@]4(C)[C@H]3[C@@]2(C)O)[C@H]1O. The number of ether oxygens (including phenoxy) is 2. The molecule has 1 aromatic carbocycles. The molecule has 4 saturated carbocycles. The van der Waals surface area contributed by atoms with Crippen LogP contribution in [0, 0.1) is 40.4 Å². The number of rotatable bonds is 5. The zero-order valence-corrected chi connectivity index (χ0v) is 29.5. The maximum Gasteiger partial charge on any atom is 0.160 e. The minimum Gasteiger partial charge on any atom is -0.508 e. The summed E-state index contributed by atoms with van der Waals surface area (Å²) in [6.07, 6.45) is 2.74. The van der Waals surface area contributed by atoms with Crippen molar-refractivity contribution in [3.63, 3.8) is 0 Å². The highest BCUT2D eigenvalue weighted by Gasteiger charge is 2.79. The molecule has 10 heteroatoms. The fraction of sp³-hybridized carbons (Fsp3) is 0.769. The van der Waals surface area contributed by atoms with Gasteiger partial charge in [-0.05, 0) is 91.5 Å². The summed E-state index contributed by atoms with van der Waals surface area (Å²) in [5, 5.41) is 79.5. The maximum absolute atomic E-state index is 14.5. The zero-order valence-electron chi connectivity index (χ0n) is 29.5. The number of hydrogen-bond acceptors (Lipinski definition) is 10. The van der Waals surface area contributed by atoms with Gasteiger partial charge in [0.15, 0.2) is 5.78 Å². The molecule has 1 saturated heterocycles. The van der Waals surface area contributed by atoms with Gasteiger partial charge in [0.1, 0.15) is 17.1 Å². The van der Waals surface area contributed by atoms with Gasteiger partial charge in [0.2, 0.25) is 0 Å². The Balaban J connectivity index is 1.29. The standard InChI is InChI=1S/C39H56O10/c1-20-8-6-10-39(34(45)21(20)2)37(5,46)33-29(49-39)19-38(47)26-17-27(43)31-30(22-14-23(41)16-24(42)15-22)32(44)28(48-13-7-12-40)18-35(31,3)25(26)9-11-36(33,38)4/h14-17,20-21,25,28-34,40-42,44-47H,6-13,18-19H2,1-5H3/t20-,21+,25+,28+,29+,30-,31-,32+,33+,34+,35-,36-,37-,38-,39+/m1/s1. The van der Waals surface area contributed by atoms with Gasteiger partial charge >= 0.3 is 0 Å². The first-order valence-electron chi connectivity index (χ1n) is 18.5. The summed E-state index contributed by atoms with van der Waals surface area (Å²) < 4.78 is 13.1. The summed E-state index contributed by atoms with van der Waals surface area (Å²) in [4.78, 5) is 14.5. The quantitative estimate of drug-likeness (QED) is 0.226. The molecule has 6 aliphatic rings. The van der Waals surface area contributed by atoms with Crippen LogP contribution in [0.25, 0.3) is 0 Å². The Bertz CT molecular complexity index is 1490. The molecule has 1 heterocycles. The van der Waals surface area contributed by atoms with Crippen molar-refractivity contribution >= 4 is 5.78 Å². The second-order valence-corrected chi connectivity index (χ2v) is 17.4. The van der Waals surface area contributed by atoms with E-state index in [-0.39, 0.29) is 54.7 Å². The molecule has 1 aromatic rings. The number of fused-ring (bicyclic) bond motifs is 7. The van der Waals surface area contributed by atoms with E-state index in [0.717, 1.165) is 12.8 Å². The van der Waals surface area contributed by atoms with Crippen molar-refractivity contribution < 1.29 is 50.0 Å². The highest BCUT2D eigenvalue weighted by Crippen LogP contribution is 2.73. The summed E-state index contributed by atoms with van der Waals surface area (Å²) in [5.74, 6) is -2.67. The first-order chi connectivity index (χ1) is 23.0. The molecule has 5 aliphatic carbocycles. The molecular formula is C39H56O10. The first-order valence-corrected chi connectivity index (χ1v) is 18.5. The molecule has 272 valence electrons. The van der Waals surface area contributed by atoms with Gasteiger partial charge in [-0.3, -0.25) is 4.79 Å². The molecule has 7 rings (SSSR count). The number of allylic oxidation sites excluding steroid dienone is 1. The van der Waals surface area contributed by atoms with Gasteiger partial charge in [-0.25, -0.2) is 0 Å². The normalized spacial score (nSPS) is 50.7. The molecular weight excluding hydrogens is 628 g/mol. The summed E-state index contributed by atoms with van der Waals surface area (Å²) in [6, 6.07) is 4.15. The van der Waals surface area contributed by atoms with Crippen molar-refractivity contribution in [2.45, 2.75) is 133 Å². The van der Waals surface area contributed by atoms with Crippen LogP contribution in [-0.2, 0) is 14.3 Å². The van der Waals surface area contributed by atoms with E-state index in [2.05, 4.69) is 6.92 Å². The van der Waals surface area contributed by atoms with Crippen LogP contribution in [-0.4, -0.2) is 96.0 Å². The largest absolute Gasteiger partial charge is 0.508 e. The van der Waals surface area contributed by atoms with Crippen LogP contribution in [0.15, 0.2) is 29.8 Å². The number of aliphatic hydroxyl groups excluding tert-OH is 3. The van der Waals surface area contributed by atoms with E-state index in [1.807, 2.05) is 20.8 Å². The molecule has 0 bridgehead atoms. The van der Waals surface area contributed by atoms with Crippen LogP contribution in [0.3, 0.4) is 0 Å². The molecule has 1 spiro atoms. The minimum absolute atomic E-state index is 0.0682. The number of hydrogen-bond donors (Lipinski definition) is 7. The Hall–Kier alpha value is -2.05. The Morgan fingerprint density at radius 1 is 0.980 bits per heavy atom. The van der Waals surface area contributed by atoms with Gasteiger partial charge in [0, 0.05) is 48.9 Å². The van der Waals surface area contributed by atoms with Gasteiger partial charge in [0.05, 0.1) is 35.6 Å². The number of phenols is 2. The molecule has 15 atom stereocenters. The number of aromatic hydroxyl groups is 2. The monoisotopic (exact) mass is 684 g/mol. The lowest BCUT2D eigenvalue weighted by Gasteiger charge is -2.62. The van der Waals surface area contributed by atoms with Crippen molar-refractivity contribution in [1.82, 2.24) is 0 Å². The van der Waals surface area contributed by atoms with Gasteiger partial charge in [-0.1, -0.05) is 40.5 Å². The van der Waals surface area contributed by atoms with Gasteiger partial charge in [0.25, 0.3) is 0 Å². The van der Waals surface area contributed by atoms with E-state index in [0.29, 0.717) is 43.2 Å². The fourth-order valence-corrected chi connectivity index (χ4v) is 12.5. The van der Waals surface area contributed by atoms with Gasteiger partial charge < -0.3 is 45.2 Å². The van der Waals surface area contributed by atoms with E-state index in [1.54, 1.807) is 13.0 Å². The smallest absolute Gasteiger partial charge is 0.160 e. The number of ketones is 1. The van der Waals surface area contributed by atoms with Gasteiger partial charge in [-0.2, -0.15) is 0 Å². The summed E-state index contributed by atoms with van der Waals surface area (Å²) >= 11 is 0. The third-order valence-corrected chi connectivity index (χ3v) is 15.0.